The number of ether oxygens (including phenoxy) is 1. The summed E-state index contributed by atoms with van der Waals surface area (Å²) in [6, 6.07) is 7.03. The van der Waals surface area contributed by atoms with Crippen LogP contribution in [0.4, 0.5) is 5.69 Å². The van der Waals surface area contributed by atoms with Crippen LogP contribution in [0.3, 0.4) is 0 Å². The lowest BCUT2D eigenvalue weighted by Crippen LogP contribution is -2.40. The molecule has 1 aromatic rings. The van der Waals surface area contributed by atoms with Gasteiger partial charge in [-0.3, -0.25) is 4.79 Å². The Bertz CT molecular complexity index is 510. The molecule has 6 nitrogen and oxygen atoms in total. The molecule has 3 N–H and O–H groups in total. The summed E-state index contributed by atoms with van der Waals surface area (Å²) >= 11 is 0. The van der Waals surface area contributed by atoms with Gasteiger partial charge in [0.25, 0.3) is 5.91 Å². The van der Waals surface area contributed by atoms with Crippen LogP contribution >= 0.6 is 0 Å². The number of nitrogens with zero attached hydrogens (tertiary/aromatic N) is 2. The largest absolute Gasteiger partial charge is 0.409 e. The van der Waals surface area contributed by atoms with Crippen LogP contribution < -0.4 is 10.6 Å². The summed E-state index contributed by atoms with van der Waals surface area (Å²) in [5.41, 5.74) is 6.76. The van der Waals surface area contributed by atoms with Gasteiger partial charge in [0.15, 0.2) is 5.84 Å². The maximum atomic E-state index is 12.4. The van der Waals surface area contributed by atoms with E-state index in [1.807, 2.05) is 0 Å². The van der Waals surface area contributed by atoms with Gasteiger partial charge in [0.1, 0.15) is 6.10 Å². The van der Waals surface area contributed by atoms with Crippen molar-refractivity contribution >= 4 is 17.4 Å². The number of nitrogens with two attached hydrogens (primary N) is 1. The fourth-order valence-electron chi connectivity index (χ4n) is 2.31. The molecule has 1 atom stereocenters. The maximum Gasteiger partial charge on any atom is 0.255 e. The van der Waals surface area contributed by atoms with E-state index in [0.29, 0.717) is 17.9 Å². The quantitative estimate of drug-likeness (QED) is 0.377. The molecule has 0 aromatic heterocycles. The van der Waals surface area contributed by atoms with Crippen molar-refractivity contribution in [2.75, 3.05) is 18.6 Å². The topological polar surface area (TPSA) is 88.2 Å². The minimum Gasteiger partial charge on any atom is -0.409 e. The fraction of sp³-hybridized carbons (Fsp3) is 0.429. The van der Waals surface area contributed by atoms with E-state index < -0.39 is 6.10 Å². The van der Waals surface area contributed by atoms with Gasteiger partial charge in [-0.05, 0) is 31.4 Å². The molecule has 0 bridgehead atoms. The van der Waals surface area contributed by atoms with Crippen molar-refractivity contribution in [3.05, 3.63) is 29.8 Å². The van der Waals surface area contributed by atoms with Gasteiger partial charge in [0.05, 0.1) is 5.69 Å². The fourth-order valence-corrected chi connectivity index (χ4v) is 2.31. The van der Waals surface area contributed by atoms with Crippen LogP contribution in [0.2, 0.25) is 0 Å². The standard InChI is InChI=1S/C14H19N3O3/c1-17(14(18)12-8-4-5-9-20-12)11-7-3-2-6-10(11)13(15)16-19/h2-3,6-7,12,19H,4-5,8-9H2,1H3,(H2,15,16). The first-order valence-corrected chi connectivity index (χ1v) is 6.61. The van der Waals surface area contributed by atoms with Crippen molar-refractivity contribution in [1.29, 1.82) is 0 Å². The highest BCUT2D eigenvalue weighted by atomic mass is 16.5. The lowest BCUT2D eigenvalue weighted by atomic mass is 10.1. The lowest BCUT2D eigenvalue weighted by Gasteiger charge is -2.27. The molecule has 1 heterocycles. The molecule has 1 aliphatic heterocycles. The van der Waals surface area contributed by atoms with Crippen LogP contribution in [0, 0.1) is 0 Å². The number of carbonyl (C=O) groups is 1. The molecule has 0 saturated carbocycles. The number of benzene rings is 1. The van der Waals surface area contributed by atoms with E-state index in [9.17, 15) is 4.79 Å². The van der Waals surface area contributed by atoms with Crippen LogP contribution in [0.5, 0.6) is 0 Å². The van der Waals surface area contributed by atoms with E-state index >= 15 is 0 Å². The van der Waals surface area contributed by atoms with Crippen LogP contribution in [0.15, 0.2) is 29.4 Å². The first-order valence-electron chi connectivity index (χ1n) is 6.61. The minimum absolute atomic E-state index is 0.0233. The number of para-hydroxylation sites is 1. The van der Waals surface area contributed by atoms with Gasteiger partial charge in [0.2, 0.25) is 0 Å². The lowest BCUT2D eigenvalue weighted by molar-refractivity contribution is -0.132. The van der Waals surface area contributed by atoms with E-state index in [1.54, 1.807) is 31.3 Å². The molecule has 1 amide bonds. The summed E-state index contributed by atoms with van der Waals surface area (Å²) in [7, 11) is 1.67. The van der Waals surface area contributed by atoms with Crippen molar-refractivity contribution in [2.24, 2.45) is 10.9 Å². The summed E-state index contributed by atoms with van der Waals surface area (Å²) < 4.78 is 5.51. The highest BCUT2D eigenvalue weighted by Gasteiger charge is 2.27. The van der Waals surface area contributed by atoms with E-state index in [2.05, 4.69) is 5.16 Å². The molecule has 6 heteroatoms. The number of carbonyl (C=O) groups excluding carboxylic acids is 1. The smallest absolute Gasteiger partial charge is 0.255 e. The molecule has 0 radical (unpaired) electrons. The van der Waals surface area contributed by atoms with Crippen molar-refractivity contribution in [3.63, 3.8) is 0 Å². The van der Waals surface area contributed by atoms with Gasteiger partial charge in [-0.25, -0.2) is 0 Å². The Labute approximate surface area is 117 Å². The molecular weight excluding hydrogens is 258 g/mol. The number of anilines is 1. The molecular formula is C14H19N3O3. The third kappa shape index (κ3) is 2.91. The van der Waals surface area contributed by atoms with Crippen molar-refractivity contribution in [2.45, 2.75) is 25.4 Å². The summed E-state index contributed by atoms with van der Waals surface area (Å²) in [4.78, 5) is 13.9. The molecule has 1 saturated heterocycles. The highest BCUT2D eigenvalue weighted by molar-refractivity contribution is 6.06. The van der Waals surface area contributed by atoms with E-state index in [-0.39, 0.29) is 11.7 Å². The van der Waals surface area contributed by atoms with Crippen LogP contribution in [0.1, 0.15) is 24.8 Å². The SMILES string of the molecule is CN(C(=O)C1CCCCO1)c1ccccc1/C(N)=N/O. The van der Waals surface area contributed by atoms with Gasteiger partial charge < -0.3 is 20.6 Å². The average Bonchev–Trinajstić information content (AvgIpc) is 2.53. The molecule has 1 aliphatic rings. The second kappa shape index (κ2) is 6.38. The highest BCUT2D eigenvalue weighted by Crippen LogP contribution is 2.22. The van der Waals surface area contributed by atoms with Crippen molar-refractivity contribution < 1.29 is 14.7 Å². The second-order valence-electron chi connectivity index (χ2n) is 4.75. The van der Waals surface area contributed by atoms with Gasteiger partial charge >= 0.3 is 0 Å². The minimum atomic E-state index is -0.408. The number of hydrogen-bond acceptors (Lipinski definition) is 4. The summed E-state index contributed by atoms with van der Waals surface area (Å²) in [5.74, 6) is -0.132. The molecule has 20 heavy (non-hydrogen) atoms. The Hall–Kier alpha value is -2.08. The molecule has 1 fully saturated rings. The monoisotopic (exact) mass is 277 g/mol. The average molecular weight is 277 g/mol. The zero-order valence-electron chi connectivity index (χ0n) is 11.5. The molecule has 108 valence electrons. The van der Waals surface area contributed by atoms with Gasteiger partial charge in [-0.2, -0.15) is 0 Å². The van der Waals surface area contributed by atoms with Gasteiger partial charge in [-0.15, -0.1) is 0 Å². The number of likely N-dealkylation sites (N-methyl/N-ethyl adjacent to an activating group) is 1. The predicted octanol–water partition coefficient (Wildman–Crippen LogP) is 1.31. The normalized spacial score (nSPS) is 19.6. The molecule has 1 aromatic carbocycles. The second-order valence-corrected chi connectivity index (χ2v) is 4.75. The number of hydrogen-bond donors (Lipinski definition) is 2. The molecule has 0 spiro atoms. The van der Waals surface area contributed by atoms with E-state index in [1.165, 1.54) is 4.90 Å². The summed E-state index contributed by atoms with van der Waals surface area (Å²) in [5, 5.41) is 11.8. The van der Waals surface area contributed by atoms with Crippen molar-refractivity contribution in [1.82, 2.24) is 0 Å². The predicted molar refractivity (Wildman–Crippen MR) is 76.0 cm³/mol. The Kier molecular flexibility index (Phi) is 4.57. The third-order valence-electron chi connectivity index (χ3n) is 3.43. The number of rotatable bonds is 3. The van der Waals surface area contributed by atoms with Gasteiger partial charge in [0, 0.05) is 19.2 Å². The summed E-state index contributed by atoms with van der Waals surface area (Å²) in [6.45, 7) is 0.617. The van der Waals surface area contributed by atoms with Crippen LogP contribution in [-0.4, -0.2) is 36.7 Å². The number of amides is 1. The molecule has 2 rings (SSSR count). The van der Waals surface area contributed by atoms with Gasteiger partial charge in [-0.1, -0.05) is 17.3 Å². The Morgan fingerprint density at radius 1 is 1.45 bits per heavy atom. The van der Waals surface area contributed by atoms with E-state index in [4.69, 9.17) is 15.7 Å². The maximum absolute atomic E-state index is 12.4. The Morgan fingerprint density at radius 3 is 2.85 bits per heavy atom. The first-order chi connectivity index (χ1) is 9.65. The van der Waals surface area contributed by atoms with E-state index in [0.717, 1.165) is 19.3 Å². The zero-order chi connectivity index (χ0) is 14.5. The Morgan fingerprint density at radius 2 is 2.20 bits per heavy atom. The van der Waals surface area contributed by atoms with Crippen molar-refractivity contribution in [3.8, 4) is 0 Å². The molecule has 0 aliphatic carbocycles. The summed E-state index contributed by atoms with van der Waals surface area (Å²) in [6.07, 6.45) is 2.31. The zero-order valence-corrected chi connectivity index (χ0v) is 11.5. The molecule has 1 unspecified atom stereocenters. The number of oxime groups is 1. The Balaban J connectivity index is 2.24. The third-order valence-corrected chi connectivity index (χ3v) is 3.43. The van der Waals surface area contributed by atoms with Crippen LogP contribution in [-0.2, 0) is 9.53 Å². The first kappa shape index (κ1) is 14.3. The number of amidine groups is 1. The van der Waals surface area contributed by atoms with Crippen LogP contribution in [0.25, 0.3) is 0 Å².